The lowest BCUT2D eigenvalue weighted by molar-refractivity contribution is -0.136. The fraction of sp³-hybridized carbons (Fsp3) is 0.370. The van der Waals surface area contributed by atoms with Gasteiger partial charge in [-0.1, -0.05) is 73.7 Å². The van der Waals surface area contributed by atoms with Crippen molar-refractivity contribution in [3.8, 4) is 0 Å². The van der Waals surface area contributed by atoms with E-state index in [0.29, 0.717) is 18.3 Å². The van der Waals surface area contributed by atoms with Gasteiger partial charge in [-0.25, -0.2) is 0 Å². The molecular formula is C27H30O2. The number of carboxylic acids is 1. The molecule has 0 aliphatic heterocycles. The van der Waals surface area contributed by atoms with Crippen LogP contribution in [0, 0.1) is 5.92 Å². The number of rotatable bonds is 7. The molecule has 1 aliphatic carbocycles. The van der Waals surface area contributed by atoms with Crippen molar-refractivity contribution in [2.75, 3.05) is 0 Å². The van der Waals surface area contributed by atoms with Crippen LogP contribution >= 0.6 is 0 Å². The lowest BCUT2D eigenvalue weighted by Gasteiger charge is -2.19. The van der Waals surface area contributed by atoms with Gasteiger partial charge in [0.05, 0.1) is 0 Å². The Hall–Kier alpha value is -2.61. The molecule has 3 atom stereocenters. The zero-order valence-electron chi connectivity index (χ0n) is 17.2. The van der Waals surface area contributed by atoms with E-state index in [9.17, 15) is 4.79 Å². The number of hydrogen-bond acceptors (Lipinski definition) is 1. The third-order valence-electron chi connectivity index (χ3n) is 6.66. The number of carbonyl (C=O) groups is 1. The number of benzene rings is 3. The maximum Gasteiger partial charge on any atom is 0.303 e. The summed E-state index contributed by atoms with van der Waals surface area (Å²) < 4.78 is 0. The van der Waals surface area contributed by atoms with Crippen LogP contribution in [0.3, 0.4) is 0 Å². The first kappa shape index (κ1) is 19.7. The zero-order valence-corrected chi connectivity index (χ0v) is 17.2. The van der Waals surface area contributed by atoms with Crippen LogP contribution in [-0.4, -0.2) is 11.1 Å². The molecule has 29 heavy (non-hydrogen) atoms. The van der Waals surface area contributed by atoms with Gasteiger partial charge >= 0.3 is 5.97 Å². The summed E-state index contributed by atoms with van der Waals surface area (Å²) >= 11 is 0. The van der Waals surface area contributed by atoms with E-state index in [-0.39, 0.29) is 6.42 Å². The van der Waals surface area contributed by atoms with Crippen molar-refractivity contribution in [3.05, 3.63) is 83.4 Å². The third kappa shape index (κ3) is 4.70. The molecule has 1 aliphatic rings. The predicted octanol–water partition coefficient (Wildman–Crippen LogP) is 6.93. The van der Waals surface area contributed by atoms with Crippen molar-refractivity contribution in [1.82, 2.24) is 0 Å². The van der Waals surface area contributed by atoms with Crippen LogP contribution in [0.2, 0.25) is 0 Å². The summed E-state index contributed by atoms with van der Waals surface area (Å²) in [5.41, 5.74) is 4.02. The molecule has 0 saturated heterocycles. The van der Waals surface area contributed by atoms with Crippen molar-refractivity contribution in [3.63, 3.8) is 0 Å². The van der Waals surface area contributed by atoms with E-state index in [4.69, 9.17) is 5.11 Å². The van der Waals surface area contributed by atoms with Gasteiger partial charge in [-0.05, 0) is 77.3 Å². The number of fused-ring (bicyclic) bond motifs is 1. The largest absolute Gasteiger partial charge is 0.481 e. The van der Waals surface area contributed by atoms with Crippen molar-refractivity contribution in [1.29, 1.82) is 0 Å². The van der Waals surface area contributed by atoms with Crippen LogP contribution in [0.4, 0.5) is 0 Å². The van der Waals surface area contributed by atoms with Crippen molar-refractivity contribution >= 4 is 16.7 Å². The highest BCUT2D eigenvalue weighted by molar-refractivity contribution is 5.86. The number of aliphatic carboxylic acids is 1. The molecule has 0 radical (unpaired) electrons. The second-order valence-electron chi connectivity index (χ2n) is 8.72. The first-order chi connectivity index (χ1) is 14.1. The fourth-order valence-electron chi connectivity index (χ4n) is 5.11. The van der Waals surface area contributed by atoms with Gasteiger partial charge in [-0.15, -0.1) is 0 Å². The molecule has 0 spiro atoms. The van der Waals surface area contributed by atoms with E-state index in [2.05, 4.69) is 73.7 Å². The minimum Gasteiger partial charge on any atom is -0.481 e. The maximum atomic E-state index is 10.7. The topological polar surface area (TPSA) is 37.3 Å². The first-order valence-electron chi connectivity index (χ1n) is 10.9. The Morgan fingerprint density at radius 1 is 1.00 bits per heavy atom. The van der Waals surface area contributed by atoms with Crippen LogP contribution in [0.1, 0.15) is 67.6 Å². The number of aryl methyl sites for hydroxylation is 1. The number of carboxylic acid groups (broad SMARTS) is 1. The standard InChI is InChI=1S/C27H30O2/c1-19(25-8-4-6-23-5-2-3-7-26(23)25)17-21-11-15-24(18-21)22-13-9-20(10-14-22)12-16-27(28)29/h2-10,13-14,19,21,24H,11-12,15-18H2,1H3,(H,28,29)/t19-,21+,24+/m0/s1. The summed E-state index contributed by atoms with van der Waals surface area (Å²) in [7, 11) is 0. The van der Waals surface area contributed by atoms with Crippen LogP contribution < -0.4 is 0 Å². The van der Waals surface area contributed by atoms with Gasteiger partial charge in [-0.2, -0.15) is 0 Å². The zero-order chi connectivity index (χ0) is 20.2. The minimum absolute atomic E-state index is 0.205. The predicted molar refractivity (Wildman–Crippen MR) is 119 cm³/mol. The van der Waals surface area contributed by atoms with E-state index in [1.54, 1.807) is 0 Å². The molecule has 0 bridgehead atoms. The highest BCUT2D eigenvalue weighted by Gasteiger charge is 2.27. The van der Waals surface area contributed by atoms with E-state index < -0.39 is 5.97 Å². The van der Waals surface area contributed by atoms with Gasteiger partial charge in [-0.3, -0.25) is 4.79 Å². The van der Waals surface area contributed by atoms with E-state index in [1.165, 1.54) is 47.6 Å². The normalized spacial score (nSPS) is 20.0. The Morgan fingerprint density at radius 2 is 1.76 bits per heavy atom. The highest BCUT2D eigenvalue weighted by atomic mass is 16.4. The van der Waals surface area contributed by atoms with Gasteiger partial charge < -0.3 is 5.11 Å². The average molecular weight is 387 g/mol. The Bertz CT molecular complexity index is 968. The summed E-state index contributed by atoms with van der Waals surface area (Å²) in [5.74, 6) is 1.27. The SMILES string of the molecule is C[C@@H](C[C@H]1CC[C@@H](c2ccc(CCC(=O)O)cc2)C1)c1cccc2ccccc12. The third-order valence-corrected chi connectivity index (χ3v) is 6.66. The number of hydrogen-bond donors (Lipinski definition) is 1. The molecule has 1 saturated carbocycles. The van der Waals surface area contributed by atoms with Crippen LogP contribution in [0.5, 0.6) is 0 Å². The van der Waals surface area contributed by atoms with Gasteiger partial charge in [0.2, 0.25) is 0 Å². The van der Waals surface area contributed by atoms with Gasteiger partial charge in [0.25, 0.3) is 0 Å². The van der Waals surface area contributed by atoms with E-state index >= 15 is 0 Å². The molecular weight excluding hydrogens is 356 g/mol. The van der Waals surface area contributed by atoms with Gasteiger partial charge in [0, 0.05) is 6.42 Å². The first-order valence-corrected chi connectivity index (χ1v) is 10.9. The molecule has 3 aromatic carbocycles. The molecule has 0 heterocycles. The van der Waals surface area contributed by atoms with Gasteiger partial charge in [0.15, 0.2) is 0 Å². The van der Waals surface area contributed by atoms with Gasteiger partial charge in [0.1, 0.15) is 0 Å². The van der Waals surface area contributed by atoms with E-state index in [1.807, 2.05) is 0 Å². The molecule has 4 rings (SSSR count). The summed E-state index contributed by atoms with van der Waals surface area (Å²) in [6, 6.07) is 24.1. The highest BCUT2D eigenvalue weighted by Crippen LogP contribution is 2.43. The van der Waals surface area contributed by atoms with E-state index in [0.717, 1.165) is 11.5 Å². The smallest absolute Gasteiger partial charge is 0.303 e. The van der Waals surface area contributed by atoms with Crippen LogP contribution in [0.25, 0.3) is 10.8 Å². The molecule has 2 nitrogen and oxygen atoms in total. The maximum absolute atomic E-state index is 10.7. The van der Waals surface area contributed by atoms with Crippen molar-refractivity contribution in [2.24, 2.45) is 5.92 Å². The van der Waals surface area contributed by atoms with Crippen molar-refractivity contribution in [2.45, 2.75) is 57.3 Å². The quantitative estimate of drug-likeness (QED) is 0.478. The lowest BCUT2D eigenvalue weighted by atomic mass is 9.86. The molecule has 0 amide bonds. The summed E-state index contributed by atoms with van der Waals surface area (Å²) in [6.45, 7) is 2.38. The second kappa shape index (κ2) is 8.82. The molecule has 150 valence electrons. The molecule has 2 heteroatoms. The second-order valence-corrected chi connectivity index (χ2v) is 8.72. The lowest BCUT2D eigenvalue weighted by Crippen LogP contribution is -2.03. The summed E-state index contributed by atoms with van der Waals surface area (Å²) in [4.78, 5) is 10.7. The Morgan fingerprint density at radius 3 is 2.55 bits per heavy atom. The Kier molecular flexibility index (Phi) is 5.99. The van der Waals surface area contributed by atoms with Crippen LogP contribution in [0.15, 0.2) is 66.7 Å². The molecule has 0 unspecified atom stereocenters. The molecule has 1 N–H and O–H groups in total. The fourth-order valence-corrected chi connectivity index (χ4v) is 5.11. The summed E-state index contributed by atoms with van der Waals surface area (Å²) in [5, 5.41) is 11.6. The van der Waals surface area contributed by atoms with Crippen LogP contribution in [-0.2, 0) is 11.2 Å². The molecule has 3 aromatic rings. The molecule has 1 fully saturated rings. The average Bonchev–Trinajstić information content (AvgIpc) is 3.20. The monoisotopic (exact) mass is 386 g/mol. The summed E-state index contributed by atoms with van der Waals surface area (Å²) in [6.07, 6.45) is 5.91. The van der Waals surface area contributed by atoms with Crippen molar-refractivity contribution < 1.29 is 9.90 Å². The Balaban J connectivity index is 1.38. The minimum atomic E-state index is -0.729. The Labute approximate surface area is 173 Å². The molecule has 0 aromatic heterocycles.